The molecule has 0 aromatic heterocycles. The molecular weight excluding hydrogens is 245 g/mol. The van der Waals surface area contributed by atoms with E-state index in [1.807, 2.05) is 6.92 Å². The molecule has 1 heterocycles. The number of carbonyl (C=O) groups is 1. The van der Waals surface area contributed by atoms with Crippen LogP contribution in [0.15, 0.2) is 12.1 Å². The van der Waals surface area contributed by atoms with Gasteiger partial charge in [0.2, 0.25) is 0 Å². The average molecular weight is 258 g/mol. The minimum absolute atomic E-state index is 0.123. The van der Waals surface area contributed by atoms with E-state index in [1.165, 1.54) is 4.90 Å². The number of halogens is 3. The molecule has 1 aromatic carbocycles. The predicted molar refractivity (Wildman–Crippen MR) is 59.7 cm³/mol. The van der Waals surface area contributed by atoms with Gasteiger partial charge in [-0.15, -0.1) is 0 Å². The summed E-state index contributed by atoms with van der Waals surface area (Å²) in [5.74, 6) is -4.73. The van der Waals surface area contributed by atoms with Gasteiger partial charge in [0.25, 0.3) is 5.91 Å². The van der Waals surface area contributed by atoms with Gasteiger partial charge in [-0.25, -0.2) is 13.2 Å². The van der Waals surface area contributed by atoms with Crippen LogP contribution in [0.5, 0.6) is 0 Å². The van der Waals surface area contributed by atoms with Gasteiger partial charge in [0.15, 0.2) is 17.5 Å². The van der Waals surface area contributed by atoms with Gasteiger partial charge in [-0.3, -0.25) is 4.79 Å². The van der Waals surface area contributed by atoms with Gasteiger partial charge in [0, 0.05) is 31.2 Å². The second kappa shape index (κ2) is 4.97. The Kier molecular flexibility index (Phi) is 3.56. The van der Waals surface area contributed by atoms with Crippen molar-refractivity contribution in [2.24, 2.45) is 0 Å². The first-order valence-electron chi connectivity index (χ1n) is 5.66. The summed E-state index contributed by atoms with van der Waals surface area (Å²) >= 11 is 0. The number of hydrogen-bond acceptors (Lipinski definition) is 2. The summed E-state index contributed by atoms with van der Waals surface area (Å²) in [5, 5.41) is 3.15. The van der Waals surface area contributed by atoms with Crippen molar-refractivity contribution in [1.29, 1.82) is 0 Å². The first-order valence-corrected chi connectivity index (χ1v) is 5.66. The number of nitrogens with one attached hydrogen (secondary N) is 1. The number of hydrogen-bond donors (Lipinski definition) is 1. The molecule has 0 saturated carbocycles. The Hall–Kier alpha value is -1.56. The minimum atomic E-state index is -1.56. The van der Waals surface area contributed by atoms with Crippen LogP contribution in [0.3, 0.4) is 0 Å². The van der Waals surface area contributed by atoms with Crippen LogP contribution in [-0.2, 0) is 0 Å². The van der Waals surface area contributed by atoms with Crippen LogP contribution in [-0.4, -0.2) is 36.5 Å². The van der Waals surface area contributed by atoms with Crippen molar-refractivity contribution in [3.8, 4) is 0 Å². The van der Waals surface area contributed by atoms with Gasteiger partial charge in [-0.1, -0.05) is 0 Å². The molecule has 1 unspecified atom stereocenters. The molecule has 1 atom stereocenters. The molecule has 6 heteroatoms. The fourth-order valence-electron chi connectivity index (χ4n) is 1.98. The molecule has 1 saturated heterocycles. The van der Waals surface area contributed by atoms with Gasteiger partial charge in [0.05, 0.1) is 0 Å². The van der Waals surface area contributed by atoms with E-state index in [2.05, 4.69) is 5.32 Å². The summed E-state index contributed by atoms with van der Waals surface area (Å²) in [7, 11) is 0. The molecule has 0 bridgehead atoms. The lowest BCUT2D eigenvalue weighted by molar-refractivity contribution is 0.0708. The summed E-state index contributed by atoms with van der Waals surface area (Å²) in [5.41, 5.74) is -0.166. The zero-order chi connectivity index (χ0) is 13.3. The highest BCUT2D eigenvalue weighted by molar-refractivity contribution is 5.94. The van der Waals surface area contributed by atoms with Crippen molar-refractivity contribution < 1.29 is 18.0 Å². The van der Waals surface area contributed by atoms with Crippen LogP contribution < -0.4 is 5.32 Å². The fourth-order valence-corrected chi connectivity index (χ4v) is 1.98. The summed E-state index contributed by atoms with van der Waals surface area (Å²) in [6.45, 7) is 3.45. The highest BCUT2D eigenvalue weighted by Crippen LogP contribution is 2.16. The Bertz CT molecular complexity index is 455. The van der Waals surface area contributed by atoms with Crippen molar-refractivity contribution in [2.75, 3.05) is 19.6 Å². The molecule has 0 aliphatic carbocycles. The molecule has 1 aromatic rings. The Morgan fingerprint density at radius 2 is 1.94 bits per heavy atom. The highest BCUT2D eigenvalue weighted by atomic mass is 19.2. The molecule has 98 valence electrons. The van der Waals surface area contributed by atoms with Crippen molar-refractivity contribution in [2.45, 2.75) is 13.0 Å². The Morgan fingerprint density at radius 3 is 2.50 bits per heavy atom. The molecule has 1 fully saturated rings. The third-order valence-electron chi connectivity index (χ3n) is 2.89. The van der Waals surface area contributed by atoms with E-state index in [0.29, 0.717) is 19.6 Å². The van der Waals surface area contributed by atoms with E-state index in [-0.39, 0.29) is 11.6 Å². The molecule has 2 rings (SSSR count). The number of amides is 1. The second-order valence-corrected chi connectivity index (χ2v) is 4.36. The van der Waals surface area contributed by atoms with Crippen molar-refractivity contribution in [1.82, 2.24) is 10.2 Å². The summed E-state index contributed by atoms with van der Waals surface area (Å²) < 4.78 is 38.9. The van der Waals surface area contributed by atoms with E-state index in [9.17, 15) is 18.0 Å². The summed E-state index contributed by atoms with van der Waals surface area (Å²) in [6, 6.07) is 1.58. The smallest absolute Gasteiger partial charge is 0.254 e. The lowest BCUT2D eigenvalue weighted by Crippen LogP contribution is -2.51. The fraction of sp³-hybridized carbons (Fsp3) is 0.417. The maximum absolute atomic E-state index is 13.0. The molecule has 1 amide bonds. The molecule has 1 aliphatic heterocycles. The highest BCUT2D eigenvalue weighted by Gasteiger charge is 2.23. The zero-order valence-electron chi connectivity index (χ0n) is 9.84. The van der Waals surface area contributed by atoms with Crippen LogP contribution in [0, 0.1) is 17.5 Å². The van der Waals surface area contributed by atoms with Crippen LogP contribution in [0.1, 0.15) is 17.3 Å². The van der Waals surface area contributed by atoms with E-state index >= 15 is 0 Å². The van der Waals surface area contributed by atoms with Gasteiger partial charge in [-0.05, 0) is 19.1 Å². The molecule has 3 nitrogen and oxygen atoms in total. The number of piperazine rings is 1. The Balaban J connectivity index is 2.23. The first kappa shape index (κ1) is 12.9. The number of benzene rings is 1. The van der Waals surface area contributed by atoms with Crippen LogP contribution in [0.25, 0.3) is 0 Å². The van der Waals surface area contributed by atoms with Crippen LogP contribution >= 0.6 is 0 Å². The lowest BCUT2D eigenvalue weighted by atomic mass is 10.1. The van der Waals surface area contributed by atoms with Gasteiger partial charge < -0.3 is 10.2 Å². The maximum atomic E-state index is 13.0. The summed E-state index contributed by atoms with van der Waals surface area (Å²) in [6.07, 6.45) is 0. The van der Waals surface area contributed by atoms with Gasteiger partial charge in [-0.2, -0.15) is 0 Å². The molecule has 1 aliphatic rings. The van der Waals surface area contributed by atoms with E-state index in [1.54, 1.807) is 0 Å². The van der Waals surface area contributed by atoms with Crippen molar-refractivity contribution in [3.63, 3.8) is 0 Å². The average Bonchev–Trinajstić information content (AvgIpc) is 2.34. The van der Waals surface area contributed by atoms with E-state index in [4.69, 9.17) is 0 Å². The Labute approximate surface area is 103 Å². The predicted octanol–water partition coefficient (Wildman–Crippen LogP) is 1.54. The molecule has 1 N–H and O–H groups in total. The van der Waals surface area contributed by atoms with Gasteiger partial charge in [0.1, 0.15) is 0 Å². The largest absolute Gasteiger partial charge is 0.336 e. The zero-order valence-corrected chi connectivity index (χ0v) is 9.84. The van der Waals surface area contributed by atoms with E-state index in [0.717, 1.165) is 12.1 Å². The standard InChI is InChI=1S/C12H13F3N2O/c1-7-6-17(3-2-16-7)12(18)8-4-9(13)11(15)10(14)5-8/h4-5,7,16H,2-3,6H2,1H3. The van der Waals surface area contributed by atoms with Gasteiger partial charge >= 0.3 is 0 Å². The monoisotopic (exact) mass is 258 g/mol. The van der Waals surface area contributed by atoms with Crippen LogP contribution in [0.4, 0.5) is 13.2 Å². The van der Waals surface area contributed by atoms with Crippen molar-refractivity contribution in [3.05, 3.63) is 35.1 Å². The first-order chi connectivity index (χ1) is 8.49. The topological polar surface area (TPSA) is 32.3 Å². The van der Waals surface area contributed by atoms with Crippen LogP contribution in [0.2, 0.25) is 0 Å². The normalized spacial score (nSPS) is 20.0. The maximum Gasteiger partial charge on any atom is 0.254 e. The number of nitrogens with zero attached hydrogens (tertiary/aromatic N) is 1. The summed E-state index contributed by atoms with van der Waals surface area (Å²) in [4.78, 5) is 13.5. The minimum Gasteiger partial charge on any atom is -0.336 e. The molecular formula is C12H13F3N2O. The third-order valence-corrected chi connectivity index (χ3v) is 2.89. The Morgan fingerprint density at radius 1 is 1.33 bits per heavy atom. The molecule has 0 radical (unpaired) electrons. The number of carbonyl (C=O) groups excluding carboxylic acids is 1. The third kappa shape index (κ3) is 2.48. The lowest BCUT2D eigenvalue weighted by Gasteiger charge is -2.32. The molecule has 0 spiro atoms. The second-order valence-electron chi connectivity index (χ2n) is 4.36. The van der Waals surface area contributed by atoms with Crippen molar-refractivity contribution >= 4 is 5.91 Å². The van der Waals surface area contributed by atoms with E-state index < -0.39 is 23.4 Å². The molecule has 18 heavy (non-hydrogen) atoms. The number of rotatable bonds is 1. The SMILES string of the molecule is CC1CN(C(=O)c2cc(F)c(F)c(F)c2)CCN1. The quantitative estimate of drug-likeness (QED) is 0.775.